The normalized spacial score (nSPS) is 14.1. The van der Waals surface area contributed by atoms with Crippen molar-refractivity contribution in [3.8, 4) is 11.5 Å². The van der Waals surface area contributed by atoms with Crippen LogP contribution >= 0.6 is 0 Å². The molecule has 0 saturated carbocycles. The summed E-state index contributed by atoms with van der Waals surface area (Å²) in [5.41, 5.74) is 3.41. The Hall–Kier alpha value is -2.44. The van der Waals surface area contributed by atoms with E-state index in [0.29, 0.717) is 24.7 Å². The lowest BCUT2D eigenvalue weighted by Gasteiger charge is -2.29. The molecule has 0 aromatic heterocycles. The monoisotopic (exact) mass is 372 g/mol. The van der Waals surface area contributed by atoms with Crippen LogP contribution in [0.1, 0.15) is 12.5 Å². The Labute approximate surface area is 160 Å². The largest absolute Gasteiger partial charge is 0.490 e. The van der Waals surface area contributed by atoms with Gasteiger partial charge in [0.15, 0.2) is 11.5 Å². The molecule has 1 aliphatic rings. The van der Waals surface area contributed by atoms with Crippen LogP contribution in [0.15, 0.2) is 42.5 Å². The second-order valence-corrected chi connectivity index (χ2v) is 6.29. The van der Waals surface area contributed by atoms with E-state index in [4.69, 9.17) is 19.3 Å². The second kappa shape index (κ2) is 10.0. The predicted molar refractivity (Wildman–Crippen MR) is 107 cm³/mol. The molecule has 0 amide bonds. The summed E-state index contributed by atoms with van der Waals surface area (Å²) in [4.78, 5) is 2.34. The molecule has 0 spiro atoms. The lowest BCUT2D eigenvalue weighted by molar-refractivity contribution is 0.122. The van der Waals surface area contributed by atoms with Crippen molar-refractivity contribution in [3.63, 3.8) is 0 Å². The van der Waals surface area contributed by atoms with Crippen molar-refractivity contribution in [3.05, 3.63) is 48.0 Å². The summed E-state index contributed by atoms with van der Waals surface area (Å²) in [6.45, 7) is 6.90. The maximum atomic E-state index is 8.93. The molecule has 1 saturated heterocycles. The molecule has 2 N–H and O–H groups in total. The third-order valence-corrected chi connectivity index (χ3v) is 4.40. The molecule has 1 fully saturated rings. The van der Waals surface area contributed by atoms with Gasteiger partial charge in [-0.05, 0) is 48.9 Å². The van der Waals surface area contributed by atoms with Gasteiger partial charge in [-0.2, -0.15) is 0 Å². The summed E-state index contributed by atoms with van der Waals surface area (Å²) in [5, 5.41) is 12.4. The third kappa shape index (κ3) is 5.52. The van der Waals surface area contributed by atoms with Gasteiger partial charge in [-0.1, -0.05) is 6.07 Å². The van der Waals surface area contributed by atoms with E-state index in [0.717, 1.165) is 37.6 Å². The van der Waals surface area contributed by atoms with E-state index >= 15 is 0 Å². The number of ether oxygens (including phenoxy) is 3. The van der Waals surface area contributed by atoms with E-state index in [1.807, 2.05) is 25.1 Å². The van der Waals surface area contributed by atoms with E-state index in [-0.39, 0.29) is 13.2 Å². The van der Waals surface area contributed by atoms with Crippen molar-refractivity contribution >= 4 is 11.4 Å². The van der Waals surface area contributed by atoms with E-state index in [2.05, 4.69) is 34.5 Å². The van der Waals surface area contributed by atoms with E-state index < -0.39 is 0 Å². The lowest BCUT2D eigenvalue weighted by Crippen LogP contribution is -2.36. The summed E-state index contributed by atoms with van der Waals surface area (Å²) in [6.07, 6.45) is 0. The van der Waals surface area contributed by atoms with Crippen molar-refractivity contribution < 1.29 is 19.3 Å². The first-order valence-corrected chi connectivity index (χ1v) is 9.46. The Morgan fingerprint density at radius 3 is 2.52 bits per heavy atom. The maximum absolute atomic E-state index is 8.93. The highest BCUT2D eigenvalue weighted by molar-refractivity contribution is 5.55. The number of hydrogen-bond donors (Lipinski definition) is 2. The third-order valence-electron chi connectivity index (χ3n) is 4.40. The lowest BCUT2D eigenvalue weighted by atomic mass is 10.2. The second-order valence-electron chi connectivity index (χ2n) is 6.29. The Morgan fingerprint density at radius 2 is 1.81 bits per heavy atom. The zero-order valence-corrected chi connectivity index (χ0v) is 15.8. The highest BCUT2D eigenvalue weighted by Crippen LogP contribution is 2.29. The number of rotatable bonds is 9. The number of morpholine rings is 1. The molecule has 2 aromatic carbocycles. The number of aliphatic hydroxyl groups excluding tert-OH is 1. The minimum Gasteiger partial charge on any atom is -0.490 e. The number of nitrogens with zero attached hydrogens (tertiary/aromatic N) is 1. The van der Waals surface area contributed by atoms with Crippen LogP contribution in [0.5, 0.6) is 11.5 Å². The number of benzene rings is 2. The molecule has 0 aliphatic carbocycles. The molecule has 146 valence electrons. The van der Waals surface area contributed by atoms with Crippen molar-refractivity contribution in [1.82, 2.24) is 0 Å². The van der Waals surface area contributed by atoms with Crippen LogP contribution in [0.2, 0.25) is 0 Å². The first kappa shape index (κ1) is 19.3. The van der Waals surface area contributed by atoms with Gasteiger partial charge in [-0.3, -0.25) is 0 Å². The molecule has 3 rings (SSSR count). The average Bonchev–Trinajstić information content (AvgIpc) is 2.73. The Balaban J connectivity index is 1.59. The van der Waals surface area contributed by atoms with Gasteiger partial charge in [0.05, 0.1) is 26.4 Å². The standard InChI is InChI=1S/C21H28N2O4/c1-2-26-21-15-17(3-8-20(21)27-14-11-24)16-22-18-4-6-19(7-5-18)23-9-12-25-13-10-23/h3-8,15,22,24H,2,9-14,16H2,1H3. The van der Waals surface area contributed by atoms with Gasteiger partial charge >= 0.3 is 0 Å². The first-order valence-electron chi connectivity index (χ1n) is 9.46. The Kier molecular flexibility index (Phi) is 7.19. The topological polar surface area (TPSA) is 63.2 Å². The number of hydrogen-bond acceptors (Lipinski definition) is 6. The van der Waals surface area contributed by atoms with Crippen LogP contribution in [-0.2, 0) is 11.3 Å². The number of aliphatic hydroxyl groups is 1. The molecule has 1 heterocycles. The molecule has 0 radical (unpaired) electrons. The van der Waals surface area contributed by atoms with Gasteiger partial charge in [0, 0.05) is 31.0 Å². The van der Waals surface area contributed by atoms with Gasteiger partial charge in [0.2, 0.25) is 0 Å². The van der Waals surface area contributed by atoms with Gasteiger partial charge in [0.1, 0.15) is 6.61 Å². The molecule has 27 heavy (non-hydrogen) atoms. The minimum absolute atomic E-state index is 0.0185. The molecule has 1 aliphatic heterocycles. The maximum Gasteiger partial charge on any atom is 0.161 e. The Morgan fingerprint density at radius 1 is 1.04 bits per heavy atom. The smallest absolute Gasteiger partial charge is 0.161 e. The number of anilines is 2. The fourth-order valence-electron chi connectivity index (χ4n) is 3.02. The minimum atomic E-state index is -0.0185. The molecule has 6 heteroatoms. The average molecular weight is 372 g/mol. The molecule has 2 aromatic rings. The van der Waals surface area contributed by atoms with Crippen molar-refractivity contribution in [2.45, 2.75) is 13.5 Å². The summed E-state index contributed by atoms with van der Waals surface area (Å²) in [5.74, 6) is 1.36. The van der Waals surface area contributed by atoms with Crippen LogP contribution in [0.3, 0.4) is 0 Å². The van der Waals surface area contributed by atoms with Crippen LogP contribution in [-0.4, -0.2) is 51.2 Å². The molecular weight excluding hydrogens is 344 g/mol. The summed E-state index contributed by atoms with van der Waals surface area (Å²) in [6, 6.07) is 14.4. The summed E-state index contributed by atoms with van der Waals surface area (Å²) in [7, 11) is 0. The van der Waals surface area contributed by atoms with Crippen LogP contribution in [0.4, 0.5) is 11.4 Å². The van der Waals surface area contributed by atoms with Crippen molar-refractivity contribution in [2.75, 3.05) is 56.3 Å². The predicted octanol–water partition coefficient (Wildman–Crippen LogP) is 2.91. The molecule has 0 atom stereocenters. The highest BCUT2D eigenvalue weighted by Gasteiger charge is 2.11. The van der Waals surface area contributed by atoms with Gasteiger partial charge in [-0.15, -0.1) is 0 Å². The molecule has 6 nitrogen and oxygen atoms in total. The SMILES string of the molecule is CCOc1cc(CNc2ccc(N3CCOCC3)cc2)ccc1OCCO. The quantitative estimate of drug-likeness (QED) is 0.706. The number of nitrogens with one attached hydrogen (secondary N) is 1. The van der Waals surface area contributed by atoms with Crippen molar-refractivity contribution in [2.24, 2.45) is 0 Å². The van der Waals surface area contributed by atoms with E-state index in [9.17, 15) is 0 Å². The Bertz CT molecular complexity index is 700. The summed E-state index contributed by atoms with van der Waals surface area (Å²) >= 11 is 0. The van der Waals surface area contributed by atoms with Crippen molar-refractivity contribution in [1.29, 1.82) is 0 Å². The molecular formula is C21H28N2O4. The first-order chi connectivity index (χ1) is 13.3. The summed E-state index contributed by atoms with van der Waals surface area (Å²) < 4.78 is 16.6. The van der Waals surface area contributed by atoms with Crippen LogP contribution in [0.25, 0.3) is 0 Å². The van der Waals surface area contributed by atoms with E-state index in [1.165, 1.54) is 5.69 Å². The van der Waals surface area contributed by atoms with Gasteiger partial charge in [-0.25, -0.2) is 0 Å². The van der Waals surface area contributed by atoms with Crippen LogP contribution < -0.4 is 19.7 Å². The fourth-order valence-corrected chi connectivity index (χ4v) is 3.02. The van der Waals surface area contributed by atoms with Gasteiger partial charge in [0.25, 0.3) is 0 Å². The molecule has 0 bridgehead atoms. The van der Waals surface area contributed by atoms with Gasteiger partial charge < -0.3 is 29.5 Å². The molecule has 0 unspecified atom stereocenters. The van der Waals surface area contributed by atoms with Crippen LogP contribution in [0, 0.1) is 0 Å². The van der Waals surface area contributed by atoms with E-state index in [1.54, 1.807) is 0 Å². The zero-order valence-electron chi connectivity index (χ0n) is 15.8. The zero-order chi connectivity index (χ0) is 18.9. The fraction of sp³-hybridized carbons (Fsp3) is 0.429. The highest BCUT2D eigenvalue weighted by atomic mass is 16.5.